The molecule has 33 heavy (non-hydrogen) atoms. The average molecular weight is 449 g/mol. The fraction of sp³-hybridized carbons (Fsp3) is 0.250. The lowest BCUT2D eigenvalue weighted by Crippen LogP contribution is -2.06. The van der Waals surface area contributed by atoms with Crippen LogP contribution in [0.25, 0.3) is 22.3 Å². The predicted octanol–water partition coefficient (Wildman–Crippen LogP) is 6.45. The molecule has 0 aliphatic heterocycles. The number of esters is 1. The van der Waals surface area contributed by atoms with Gasteiger partial charge in [0.15, 0.2) is 0 Å². The van der Waals surface area contributed by atoms with Crippen LogP contribution < -0.4 is 4.74 Å². The van der Waals surface area contributed by atoms with Gasteiger partial charge in [-0.15, -0.1) is 0 Å². The van der Waals surface area contributed by atoms with E-state index < -0.39 is 5.97 Å². The number of ether oxygens (including phenoxy) is 2. The fourth-order valence-electron chi connectivity index (χ4n) is 3.37. The van der Waals surface area contributed by atoms with Crippen molar-refractivity contribution in [2.45, 2.75) is 39.9 Å². The Balaban J connectivity index is 1.95. The van der Waals surface area contributed by atoms with Crippen molar-refractivity contribution in [3.63, 3.8) is 0 Å². The molecule has 0 aromatic heterocycles. The third-order valence-electron chi connectivity index (χ3n) is 5.28. The number of hydrogen-bond donors (Lipinski definition) is 1. The molecular weight excluding hydrogens is 419 g/mol. The number of rotatable bonds is 10. The fourth-order valence-corrected chi connectivity index (χ4v) is 3.37. The van der Waals surface area contributed by atoms with Crippen molar-refractivity contribution in [1.82, 2.24) is 0 Å². The van der Waals surface area contributed by atoms with Gasteiger partial charge in [-0.1, -0.05) is 56.3 Å². The predicted molar refractivity (Wildman–Crippen MR) is 128 cm³/mol. The third kappa shape index (κ3) is 6.30. The van der Waals surface area contributed by atoms with Crippen molar-refractivity contribution < 1.29 is 23.8 Å². The number of carbonyl (C=O) groups is 1. The van der Waals surface area contributed by atoms with Gasteiger partial charge in [-0.25, -0.2) is 9.18 Å². The van der Waals surface area contributed by atoms with Gasteiger partial charge >= 0.3 is 5.97 Å². The molecule has 0 aliphatic rings. The molecule has 0 saturated heterocycles. The Labute approximate surface area is 194 Å². The maximum Gasteiger partial charge on any atom is 0.333 e. The van der Waals surface area contributed by atoms with Gasteiger partial charge in [0.25, 0.3) is 0 Å². The molecule has 172 valence electrons. The molecule has 3 aromatic carbocycles. The maximum absolute atomic E-state index is 14.9. The van der Waals surface area contributed by atoms with Crippen LogP contribution in [0.2, 0.25) is 0 Å². The van der Waals surface area contributed by atoms with Crippen LogP contribution in [0.5, 0.6) is 5.75 Å². The maximum atomic E-state index is 14.9. The molecule has 0 unspecified atom stereocenters. The molecule has 0 heterocycles. The minimum absolute atomic E-state index is 0.0243. The quantitative estimate of drug-likeness (QED) is 0.220. The van der Waals surface area contributed by atoms with Crippen LogP contribution in [0.15, 0.2) is 72.8 Å². The molecule has 0 amide bonds. The lowest BCUT2D eigenvalue weighted by molar-refractivity contribution is -0.140. The van der Waals surface area contributed by atoms with Crippen molar-refractivity contribution in [2.24, 2.45) is 0 Å². The van der Waals surface area contributed by atoms with Crippen LogP contribution >= 0.6 is 0 Å². The summed E-state index contributed by atoms with van der Waals surface area (Å²) in [6.45, 7) is 7.82. The largest absolute Gasteiger partial charge is 0.493 e. The van der Waals surface area contributed by atoms with E-state index in [2.05, 4.69) is 13.5 Å². The Morgan fingerprint density at radius 3 is 2.33 bits per heavy atom. The van der Waals surface area contributed by atoms with Gasteiger partial charge in [-0.3, -0.25) is 0 Å². The number of halogens is 1. The summed E-state index contributed by atoms with van der Waals surface area (Å²) >= 11 is 0. The van der Waals surface area contributed by atoms with Gasteiger partial charge in [0.1, 0.15) is 18.2 Å². The molecule has 1 N–H and O–H groups in total. The van der Waals surface area contributed by atoms with Crippen molar-refractivity contribution >= 4 is 5.97 Å². The van der Waals surface area contributed by atoms with E-state index in [-0.39, 0.29) is 19.0 Å². The van der Waals surface area contributed by atoms with Crippen LogP contribution in [0, 0.1) is 5.82 Å². The van der Waals surface area contributed by atoms with Crippen molar-refractivity contribution in [2.75, 3.05) is 6.61 Å². The van der Waals surface area contributed by atoms with Gasteiger partial charge in [0.05, 0.1) is 13.2 Å². The first-order valence-corrected chi connectivity index (χ1v) is 11.0. The van der Waals surface area contributed by atoms with Gasteiger partial charge in [-0.2, -0.15) is 0 Å². The van der Waals surface area contributed by atoms with E-state index in [0.29, 0.717) is 29.1 Å². The van der Waals surface area contributed by atoms with E-state index in [1.54, 1.807) is 19.1 Å². The number of aliphatic hydroxyl groups is 1. The van der Waals surface area contributed by atoms with Crippen LogP contribution in [-0.2, 0) is 22.7 Å². The summed E-state index contributed by atoms with van der Waals surface area (Å²) in [6.07, 6.45) is 1.92. The zero-order chi connectivity index (χ0) is 23.8. The Morgan fingerprint density at radius 2 is 1.70 bits per heavy atom. The van der Waals surface area contributed by atoms with E-state index in [9.17, 15) is 14.3 Å². The van der Waals surface area contributed by atoms with E-state index >= 15 is 0 Å². The van der Waals surface area contributed by atoms with Crippen LogP contribution in [0.1, 0.15) is 37.8 Å². The molecule has 3 rings (SSSR count). The summed E-state index contributed by atoms with van der Waals surface area (Å²) in [5.41, 5.74) is 4.72. The van der Waals surface area contributed by atoms with E-state index in [4.69, 9.17) is 9.47 Å². The molecule has 3 aromatic rings. The third-order valence-corrected chi connectivity index (χ3v) is 5.28. The molecule has 0 fully saturated rings. The normalized spacial score (nSPS) is 10.7. The molecule has 0 radical (unpaired) electrons. The topological polar surface area (TPSA) is 55.8 Å². The summed E-state index contributed by atoms with van der Waals surface area (Å²) in [5, 5.41) is 9.31. The standard InChI is InChI=1S/C28H29FO4/c1-4-5-14-32-24-11-13-26(27(29)16-24)22-10-12-25(21-8-6-20(17-30)7-9-21)23(15-22)18-33-28(31)19(2)3/h6-13,15-16,30H,2,4-5,14,17-18H2,1,3H3. The van der Waals surface area contributed by atoms with E-state index in [1.807, 2.05) is 42.5 Å². The Kier molecular flexibility index (Phi) is 8.39. The minimum Gasteiger partial charge on any atom is -0.493 e. The van der Waals surface area contributed by atoms with Crippen molar-refractivity contribution in [3.05, 3.63) is 89.8 Å². The van der Waals surface area contributed by atoms with Crippen LogP contribution in [-0.4, -0.2) is 17.7 Å². The summed E-state index contributed by atoms with van der Waals surface area (Å²) < 4.78 is 25.9. The van der Waals surface area contributed by atoms with Crippen molar-refractivity contribution in [1.29, 1.82) is 0 Å². The molecule has 0 aliphatic carbocycles. The first-order valence-electron chi connectivity index (χ1n) is 11.0. The zero-order valence-corrected chi connectivity index (χ0v) is 19.1. The monoisotopic (exact) mass is 448 g/mol. The molecule has 0 atom stereocenters. The summed E-state index contributed by atoms with van der Waals surface area (Å²) in [4.78, 5) is 12.0. The Morgan fingerprint density at radius 1 is 1.00 bits per heavy atom. The smallest absolute Gasteiger partial charge is 0.333 e. The first kappa shape index (κ1) is 24.2. The number of benzene rings is 3. The van der Waals surface area contributed by atoms with Gasteiger partial charge < -0.3 is 14.6 Å². The molecule has 0 bridgehead atoms. The van der Waals surface area contributed by atoms with Gasteiger partial charge in [0, 0.05) is 17.2 Å². The molecule has 5 heteroatoms. The highest BCUT2D eigenvalue weighted by Crippen LogP contribution is 2.32. The Bertz CT molecular complexity index is 1120. The Hall–Kier alpha value is -3.44. The molecule has 0 saturated carbocycles. The highest BCUT2D eigenvalue weighted by molar-refractivity contribution is 5.87. The first-order chi connectivity index (χ1) is 15.9. The molecule has 4 nitrogen and oxygen atoms in total. The summed E-state index contributed by atoms with van der Waals surface area (Å²) in [5.74, 6) is -0.364. The SMILES string of the molecule is C=C(C)C(=O)OCc1cc(-c2ccc(OCCCC)cc2F)ccc1-c1ccc(CO)cc1. The summed E-state index contributed by atoms with van der Waals surface area (Å²) in [7, 11) is 0. The summed E-state index contributed by atoms with van der Waals surface area (Å²) in [6, 6.07) is 17.9. The van der Waals surface area contributed by atoms with Crippen molar-refractivity contribution in [3.8, 4) is 28.0 Å². The number of hydrogen-bond acceptors (Lipinski definition) is 4. The average Bonchev–Trinajstić information content (AvgIpc) is 2.82. The van der Waals surface area contributed by atoms with E-state index in [0.717, 1.165) is 35.1 Å². The van der Waals surface area contributed by atoms with Crippen LogP contribution in [0.4, 0.5) is 4.39 Å². The zero-order valence-electron chi connectivity index (χ0n) is 19.1. The number of unbranched alkanes of at least 4 members (excludes halogenated alkanes) is 1. The van der Waals surface area contributed by atoms with Gasteiger partial charge in [-0.05, 0) is 59.4 Å². The molecule has 0 spiro atoms. The van der Waals surface area contributed by atoms with Gasteiger partial charge in [0.2, 0.25) is 0 Å². The number of aliphatic hydroxyl groups excluding tert-OH is 1. The second kappa shape index (κ2) is 11.4. The second-order valence-electron chi connectivity index (χ2n) is 7.93. The molecular formula is C28H29FO4. The minimum atomic E-state index is -0.484. The van der Waals surface area contributed by atoms with Crippen LogP contribution in [0.3, 0.4) is 0 Å². The highest BCUT2D eigenvalue weighted by Gasteiger charge is 2.14. The lowest BCUT2D eigenvalue weighted by Gasteiger charge is -2.14. The van der Waals surface area contributed by atoms with E-state index in [1.165, 1.54) is 6.07 Å². The highest BCUT2D eigenvalue weighted by atomic mass is 19.1. The second-order valence-corrected chi connectivity index (χ2v) is 7.93. The number of carbonyl (C=O) groups excluding carboxylic acids is 1. The lowest BCUT2D eigenvalue weighted by atomic mass is 9.94.